The molecule has 0 aromatic heterocycles. The van der Waals surface area contributed by atoms with Gasteiger partial charge in [0.1, 0.15) is 0 Å². The molecule has 2 fully saturated rings. The quantitative estimate of drug-likeness (QED) is 0.839. The van der Waals surface area contributed by atoms with E-state index in [1.54, 1.807) is 0 Å². The molecule has 0 saturated carbocycles. The number of morpholine rings is 1. The van der Waals surface area contributed by atoms with Crippen LogP contribution in [-0.4, -0.2) is 73.7 Å². The summed E-state index contributed by atoms with van der Waals surface area (Å²) >= 11 is 0. The lowest BCUT2D eigenvalue weighted by Crippen LogP contribution is -2.49. The summed E-state index contributed by atoms with van der Waals surface area (Å²) in [5.41, 5.74) is 0.173. The summed E-state index contributed by atoms with van der Waals surface area (Å²) in [6.07, 6.45) is 2.47. The van der Waals surface area contributed by atoms with Crippen LogP contribution in [0.1, 0.15) is 33.6 Å². The molecule has 2 saturated heterocycles. The molecular formula is C16H31N3O2. The van der Waals surface area contributed by atoms with Crippen LogP contribution in [0.3, 0.4) is 0 Å². The highest BCUT2D eigenvalue weighted by Gasteiger charge is 2.25. The minimum absolute atomic E-state index is 0.173. The van der Waals surface area contributed by atoms with Crippen molar-refractivity contribution in [3.8, 4) is 0 Å². The van der Waals surface area contributed by atoms with Gasteiger partial charge in [0, 0.05) is 25.2 Å². The fourth-order valence-electron chi connectivity index (χ4n) is 3.02. The molecule has 2 aliphatic heterocycles. The predicted octanol–water partition coefficient (Wildman–Crippen LogP) is 0.945. The van der Waals surface area contributed by atoms with Crippen LogP contribution in [0.5, 0.6) is 0 Å². The second kappa shape index (κ2) is 7.56. The normalized spacial score (nSPS) is 25.1. The van der Waals surface area contributed by atoms with Crippen LogP contribution in [0.2, 0.25) is 0 Å². The molecule has 2 heterocycles. The molecule has 5 heteroatoms. The van der Waals surface area contributed by atoms with Crippen LogP contribution in [0, 0.1) is 5.92 Å². The van der Waals surface area contributed by atoms with Crippen molar-refractivity contribution in [1.29, 1.82) is 0 Å². The van der Waals surface area contributed by atoms with Crippen molar-refractivity contribution in [1.82, 2.24) is 15.1 Å². The standard InChI is InChI=1S/C16H31N3O2/c1-16(2,3)17-11-14-5-4-6-18(12-14)13-15(20)19-7-9-21-10-8-19/h14,17H,4-13H2,1-3H3. The minimum Gasteiger partial charge on any atom is -0.378 e. The molecule has 1 amide bonds. The highest BCUT2D eigenvalue weighted by atomic mass is 16.5. The maximum absolute atomic E-state index is 12.3. The first kappa shape index (κ1) is 16.7. The molecule has 2 rings (SSSR count). The molecule has 1 unspecified atom stereocenters. The molecule has 0 bridgehead atoms. The number of carbonyl (C=O) groups is 1. The topological polar surface area (TPSA) is 44.8 Å². The van der Waals surface area contributed by atoms with Crippen LogP contribution in [0.25, 0.3) is 0 Å². The Morgan fingerprint density at radius 2 is 1.95 bits per heavy atom. The zero-order valence-corrected chi connectivity index (χ0v) is 13.9. The lowest BCUT2D eigenvalue weighted by Gasteiger charge is -2.36. The van der Waals surface area contributed by atoms with Crippen LogP contribution in [0.4, 0.5) is 0 Å². The SMILES string of the molecule is CC(C)(C)NCC1CCCN(CC(=O)N2CCOCC2)C1. The largest absolute Gasteiger partial charge is 0.378 e. The smallest absolute Gasteiger partial charge is 0.236 e. The molecule has 0 radical (unpaired) electrons. The summed E-state index contributed by atoms with van der Waals surface area (Å²) in [6, 6.07) is 0. The Labute approximate surface area is 129 Å². The van der Waals surface area contributed by atoms with Gasteiger partial charge >= 0.3 is 0 Å². The summed E-state index contributed by atoms with van der Waals surface area (Å²) in [4.78, 5) is 16.6. The average Bonchev–Trinajstić information content (AvgIpc) is 2.46. The lowest BCUT2D eigenvalue weighted by molar-refractivity contribution is -0.136. The van der Waals surface area contributed by atoms with Crippen molar-refractivity contribution in [2.45, 2.75) is 39.2 Å². The Balaban J connectivity index is 1.74. The van der Waals surface area contributed by atoms with Crippen molar-refractivity contribution in [3.63, 3.8) is 0 Å². The second-order valence-electron chi connectivity index (χ2n) is 7.37. The number of carbonyl (C=O) groups excluding carboxylic acids is 1. The maximum Gasteiger partial charge on any atom is 0.236 e. The van der Waals surface area contributed by atoms with Gasteiger partial charge in [0.15, 0.2) is 0 Å². The van der Waals surface area contributed by atoms with E-state index in [2.05, 4.69) is 31.0 Å². The Morgan fingerprint density at radius 3 is 2.62 bits per heavy atom. The van der Waals surface area contributed by atoms with E-state index < -0.39 is 0 Å². The van der Waals surface area contributed by atoms with E-state index in [-0.39, 0.29) is 11.4 Å². The highest BCUT2D eigenvalue weighted by Crippen LogP contribution is 2.17. The molecular weight excluding hydrogens is 266 g/mol. The fraction of sp³-hybridized carbons (Fsp3) is 0.938. The molecule has 21 heavy (non-hydrogen) atoms. The average molecular weight is 297 g/mol. The number of rotatable bonds is 4. The van der Waals surface area contributed by atoms with Gasteiger partial charge in [-0.25, -0.2) is 0 Å². The van der Waals surface area contributed by atoms with Gasteiger partial charge in [0.2, 0.25) is 5.91 Å². The molecule has 0 aromatic carbocycles. The van der Waals surface area contributed by atoms with Gasteiger partial charge in [-0.2, -0.15) is 0 Å². The van der Waals surface area contributed by atoms with Crippen LogP contribution < -0.4 is 5.32 Å². The van der Waals surface area contributed by atoms with E-state index in [1.165, 1.54) is 12.8 Å². The first-order valence-electron chi connectivity index (χ1n) is 8.27. The summed E-state index contributed by atoms with van der Waals surface area (Å²) in [7, 11) is 0. The molecule has 0 aromatic rings. The molecule has 1 atom stereocenters. The van der Waals surface area contributed by atoms with Crippen LogP contribution in [0.15, 0.2) is 0 Å². The van der Waals surface area contributed by atoms with E-state index in [1.807, 2.05) is 4.90 Å². The number of piperidine rings is 1. The molecule has 5 nitrogen and oxygen atoms in total. The summed E-state index contributed by atoms with van der Waals surface area (Å²) < 4.78 is 5.30. The molecule has 1 N–H and O–H groups in total. The van der Waals surface area contributed by atoms with Crippen molar-refractivity contribution >= 4 is 5.91 Å². The summed E-state index contributed by atoms with van der Waals surface area (Å²) in [5.74, 6) is 0.929. The van der Waals surface area contributed by atoms with E-state index in [0.29, 0.717) is 25.7 Å². The Morgan fingerprint density at radius 1 is 1.24 bits per heavy atom. The van der Waals surface area contributed by atoms with Gasteiger partial charge in [-0.05, 0) is 52.6 Å². The first-order chi connectivity index (χ1) is 9.94. The fourth-order valence-corrected chi connectivity index (χ4v) is 3.02. The van der Waals surface area contributed by atoms with Crippen LogP contribution in [-0.2, 0) is 9.53 Å². The summed E-state index contributed by atoms with van der Waals surface area (Å²) in [5, 5.41) is 3.59. The van der Waals surface area contributed by atoms with Gasteiger partial charge < -0.3 is 15.0 Å². The summed E-state index contributed by atoms with van der Waals surface area (Å²) in [6.45, 7) is 13.2. The highest BCUT2D eigenvalue weighted by molar-refractivity contribution is 5.78. The number of nitrogens with one attached hydrogen (secondary N) is 1. The maximum atomic E-state index is 12.3. The Bertz CT molecular complexity index is 335. The van der Waals surface area contributed by atoms with Crippen molar-refractivity contribution in [3.05, 3.63) is 0 Å². The molecule has 2 aliphatic rings. The van der Waals surface area contributed by atoms with E-state index >= 15 is 0 Å². The van der Waals surface area contributed by atoms with E-state index in [0.717, 1.165) is 32.7 Å². The van der Waals surface area contributed by atoms with Gasteiger partial charge in [-0.15, -0.1) is 0 Å². The van der Waals surface area contributed by atoms with Crippen LogP contribution >= 0.6 is 0 Å². The van der Waals surface area contributed by atoms with Gasteiger partial charge in [0.25, 0.3) is 0 Å². The minimum atomic E-state index is 0.173. The number of likely N-dealkylation sites (tertiary alicyclic amines) is 1. The van der Waals surface area contributed by atoms with Gasteiger partial charge in [-0.3, -0.25) is 9.69 Å². The lowest BCUT2D eigenvalue weighted by atomic mass is 9.96. The number of ether oxygens (including phenoxy) is 1. The first-order valence-corrected chi connectivity index (χ1v) is 8.27. The number of nitrogens with zero attached hydrogens (tertiary/aromatic N) is 2. The van der Waals surface area contributed by atoms with E-state index in [4.69, 9.17) is 4.74 Å². The monoisotopic (exact) mass is 297 g/mol. The predicted molar refractivity (Wildman–Crippen MR) is 84.3 cm³/mol. The van der Waals surface area contributed by atoms with E-state index in [9.17, 15) is 4.79 Å². The third-order valence-electron chi connectivity index (χ3n) is 4.25. The van der Waals surface area contributed by atoms with Gasteiger partial charge in [-0.1, -0.05) is 0 Å². The number of hydrogen-bond acceptors (Lipinski definition) is 4. The third-order valence-corrected chi connectivity index (χ3v) is 4.25. The number of amides is 1. The van der Waals surface area contributed by atoms with Crippen molar-refractivity contribution in [2.24, 2.45) is 5.92 Å². The molecule has 0 aliphatic carbocycles. The zero-order valence-electron chi connectivity index (χ0n) is 13.9. The zero-order chi connectivity index (χ0) is 15.3. The third kappa shape index (κ3) is 5.93. The number of hydrogen-bond donors (Lipinski definition) is 1. The Kier molecular flexibility index (Phi) is 6.02. The van der Waals surface area contributed by atoms with Crippen molar-refractivity contribution < 1.29 is 9.53 Å². The Hall–Kier alpha value is -0.650. The second-order valence-corrected chi connectivity index (χ2v) is 7.37. The van der Waals surface area contributed by atoms with Gasteiger partial charge in [0.05, 0.1) is 19.8 Å². The molecule has 122 valence electrons. The van der Waals surface area contributed by atoms with Crippen molar-refractivity contribution in [2.75, 3.05) is 52.5 Å². The molecule has 0 spiro atoms.